The van der Waals surface area contributed by atoms with Crippen LogP contribution in [0.2, 0.25) is 5.02 Å². The Kier molecular flexibility index (Phi) is 9.94. The van der Waals surface area contributed by atoms with Gasteiger partial charge in [0.05, 0.1) is 10.9 Å². The first kappa shape index (κ1) is 32.4. The van der Waals surface area contributed by atoms with E-state index >= 15 is 0 Å². The van der Waals surface area contributed by atoms with Crippen molar-refractivity contribution in [1.82, 2.24) is 19.6 Å². The van der Waals surface area contributed by atoms with Gasteiger partial charge in [0.25, 0.3) is 0 Å². The Morgan fingerprint density at radius 1 is 0.957 bits per heavy atom. The second kappa shape index (κ2) is 14.1. The molecule has 10 nitrogen and oxygen atoms in total. The lowest BCUT2D eigenvalue weighted by Crippen LogP contribution is -2.59. The molecule has 0 saturated carbocycles. The standard InChI is InChI=1S/C35H46ClN5O5/c1-38-14-8-24(9-15-38)25-10-16-39(17-11-25)33(43)28(20-23-6-7-32(42)29(36)21-23)31-22-27(13-19-41(31)35(45)46)40-18-12-26-4-2-3-5-30(26)37-34(40)44/h2-7,21,24-25,27-28,31,42H,8-20,22H2,1H3,(H,37,44)(H,45,46)/t27?,28?,31-/m1/s1. The minimum Gasteiger partial charge on any atom is -0.506 e. The molecule has 2 aromatic rings. The van der Waals surface area contributed by atoms with Gasteiger partial charge in [0.1, 0.15) is 5.75 Å². The highest BCUT2D eigenvalue weighted by Crippen LogP contribution is 2.36. The number of piperidine rings is 3. The molecule has 2 aromatic carbocycles. The second-order valence-electron chi connectivity index (χ2n) is 13.7. The Labute approximate surface area is 276 Å². The van der Waals surface area contributed by atoms with Crippen LogP contribution in [0.5, 0.6) is 5.75 Å². The molecule has 0 radical (unpaired) electrons. The van der Waals surface area contributed by atoms with Crippen LogP contribution in [0.15, 0.2) is 42.5 Å². The summed E-state index contributed by atoms with van der Waals surface area (Å²) in [6, 6.07) is 11.7. The quantitative estimate of drug-likeness (QED) is 0.386. The molecule has 11 heteroatoms. The Balaban J connectivity index is 1.23. The number of hydrogen-bond acceptors (Lipinski definition) is 5. The van der Waals surface area contributed by atoms with Gasteiger partial charge in [-0.3, -0.25) is 4.79 Å². The fraction of sp³-hybridized carbons (Fsp3) is 0.571. The number of carbonyl (C=O) groups excluding carboxylic acids is 2. The molecule has 4 aliphatic rings. The Morgan fingerprint density at radius 3 is 2.35 bits per heavy atom. The van der Waals surface area contributed by atoms with Crippen molar-refractivity contribution in [2.45, 2.75) is 63.5 Å². The molecule has 2 unspecified atom stereocenters. The molecule has 46 heavy (non-hydrogen) atoms. The number of carbonyl (C=O) groups is 3. The molecular formula is C35H46ClN5O5. The van der Waals surface area contributed by atoms with Gasteiger partial charge in [-0.2, -0.15) is 0 Å². The molecule has 3 atom stereocenters. The van der Waals surface area contributed by atoms with E-state index in [-0.39, 0.29) is 41.7 Å². The number of amides is 4. The lowest BCUT2D eigenvalue weighted by molar-refractivity contribution is -0.140. The molecular weight excluding hydrogens is 606 g/mol. The van der Waals surface area contributed by atoms with E-state index in [1.807, 2.05) is 34.1 Å². The number of phenols is 1. The number of halogens is 1. The number of nitrogens with zero attached hydrogens (tertiary/aromatic N) is 4. The molecule has 6 rings (SSSR count). The highest BCUT2D eigenvalue weighted by molar-refractivity contribution is 6.32. The van der Waals surface area contributed by atoms with Gasteiger partial charge >= 0.3 is 12.1 Å². The van der Waals surface area contributed by atoms with Crippen LogP contribution in [-0.4, -0.2) is 106 Å². The molecule has 4 amide bonds. The second-order valence-corrected chi connectivity index (χ2v) is 14.1. The zero-order valence-corrected chi connectivity index (χ0v) is 27.4. The van der Waals surface area contributed by atoms with E-state index < -0.39 is 18.1 Å². The predicted octanol–water partition coefficient (Wildman–Crippen LogP) is 5.39. The number of benzene rings is 2. The normalized spacial score (nSPS) is 24.2. The summed E-state index contributed by atoms with van der Waals surface area (Å²) in [5.74, 6) is 0.549. The molecule has 0 aromatic heterocycles. The van der Waals surface area contributed by atoms with E-state index in [0.717, 1.165) is 42.7 Å². The monoisotopic (exact) mass is 651 g/mol. The molecule has 248 valence electrons. The van der Waals surface area contributed by atoms with Crippen molar-refractivity contribution in [1.29, 1.82) is 0 Å². The third kappa shape index (κ3) is 7.08. The van der Waals surface area contributed by atoms with E-state index in [2.05, 4.69) is 17.3 Å². The number of nitrogens with one attached hydrogen (secondary N) is 1. The summed E-state index contributed by atoms with van der Waals surface area (Å²) in [4.78, 5) is 48.2. The van der Waals surface area contributed by atoms with E-state index in [1.54, 1.807) is 12.1 Å². The number of urea groups is 1. The number of aromatic hydroxyl groups is 1. The topological polar surface area (TPSA) is 117 Å². The summed E-state index contributed by atoms with van der Waals surface area (Å²) < 4.78 is 0. The Hall–Kier alpha value is -3.50. The molecule has 0 bridgehead atoms. The number of para-hydroxylation sites is 1. The summed E-state index contributed by atoms with van der Waals surface area (Å²) >= 11 is 6.28. The van der Waals surface area contributed by atoms with Gasteiger partial charge in [-0.1, -0.05) is 35.9 Å². The Morgan fingerprint density at radius 2 is 1.65 bits per heavy atom. The smallest absolute Gasteiger partial charge is 0.407 e. The maximum Gasteiger partial charge on any atom is 0.407 e. The summed E-state index contributed by atoms with van der Waals surface area (Å²) in [5, 5.41) is 23.7. The Bertz CT molecular complexity index is 1420. The van der Waals surface area contributed by atoms with Gasteiger partial charge in [0, 0.05) is 44.0 Å². The van der Waals surface area contributed by atoms with Crippen LogP contribution in [0, 0.1) is 17.8 Å². The molecule has 4 aliphatic heterocycles. The van der Waals surface area contributed by atoms with Crippen LogP contribution in [-0.2, 0) is 17.6 Å². The maximum atomic E-state index is 14.5. The average Bonchev–Trinajstić information content (AvgIpc) is 3.23. The molecule has 4 heterocycles. The van der Waals surface area contributed by atoms with Gasteiger partial charge in [-0.15, -0.1) is 0 Å². The molecule has 0 aliphatic carbocycles. The number of phenolic OH excluding ortho intramolecular Hbond substituents is 1. The van der Waals surface area contributed by atoms with Crippen LogP contribution in [0.3, 0.4) is 0 Å². The fourth-order valence-electron chi connectivity index (χ4n) is 8.26. The zero-order chi connectivity index (χ0) is 32.4. The molecule has 3 fully saturated rings. The van der Waals surface area contributed by atoms with E-state index in [9.17, 15) is 24.6 Å². The van der Waals surface area contributed by atoms with Gasteiger partial charge < -0.3 is 35.1 Å². The molecule has 3 saturated heterocycles. The van der Waals surface area contributed by atoms with Crippen molar-refractivity contribution < 1.29 is 24.6 Å². The number of hydrogen-bond donors (Lipinski definition) is 3. The first-order valence-electron chi connectivity index (χ1n) is 16.8. The number of anilines is 1. The third-order valence-electron chi connectivity index (χ3n) is 11.0. The first-order valence-corrected chi connectivity index (χ1v) is 17.2. The summed E-state index contributed by atoms with van der Waals surface area (Å²) in [5.41, 5.74) is 2.63. The van der Waals surface area contributed by atoms with E-state index in [1.165, 1.54) is 23.8 Å². The van der Waals surface area contributed by atoms with Gasteiger partial charge in [0.2, 0.25) is 5.91 Å². The number of fused-ring (bicyclic) bond motifs is 1. The highest BCUT2D eigenvalue weighted by atomic mass is 35.5. The largest absolute Gasteiger partial charge is 0.506 e. The number of likely N-dealkylation sites (tertiary alicyclic amines) is 3. The SMILES string of the molecule is CN1CCC(C2CCN(C(=O)C(Cc3ccc(O)c(Cl)c3)[C@H]3CC(N4CCc5ccccc5NC4=O)CCN3C(=O)O)CC2)CC1. The van der Waals surface area contributed by atoms with Crippen LogP contribution in [0.1, 0.15) is 49.7 Å². The first-order chi connectivity index (χ1) is 22.2. The number of rotatable bonds is 6. The minimum atomic E-state index is -1.06. The summed E-state index contributed by atoms with van der Waals surface area (Å²) in [6.45, 7) is 4.33. The maximum absolute atomic E-state index is 14.5. The van der Waals surface area contributed by atoms with Crippen molar-refractivity contribution in [3.8, 4) is 5.75 Å². The van der Waals surface area contributed by atoms with Crippen molar-refractivity contribution in [3.63, 3.8) is 0 Å². The number of carboxylic acid groups (broad SMARTS) is 1. The van der Waals surface area contributed by atoms with Crippen molar-refractivity contribution >= 4 is 35.3 Å². The van der Waals surface area contributed by atoms with Crippen LogP contribution >= 0.6 is 11.6 Å². The molecule has 3 N–H and O–H groups in total. The lowest BCUT2D eigenvalue weighted by Gasteiger charge is -2.46. The fourth-order valence-corrected chi connectivity index (χ4v) is 8.47. The third-order valence-corrected chi connectivity index (χ3v) is 11.3. The van der Waals surface area contributed by atoms with Crippen molar-refractivity contribution in [3.05, 3.63) is 58.6 Å². The van der Waals surface area contributed by atoms with Gasteiger partial charge in [-0.25, -0.2) is 9.59 Å². The zero-order valence-electron chi connectivity index (χ0n) is 26.6. The summed E-state index contributed by atoms with van der Waals surface area (Å²) in [7, 11) is 2.17. The highest BCUT2D eigenvalue weighted by Gasteiger charge is 2.44. The van der Waals surface area contributed by atoms with E-state index in [4.69, 9.17) is 11.6 Å². The summed E-state index contributed by atoms with van der Waals surface area (Å²) in [6.07, 6.45) is 5.11. The lowest BCUT2D eigenvalue weighted by atomic mass is 9.78. The molecule has 0 spiro atoms. The van der Waals surface area contributed by atoms with E-state index in [0.29, 0.717) is 50.7 Å². The average molecular weight is 652 g/mol. The van der Waals surface area contributed by atoms with Gasteiger partial charge in [0.15, 0.2) is 0 Å². The minimum absolute atomic E-state index is 0.0395. The van der Waals surface area contributed by atoms with Crippen molar-refractivity contribution in [2.24, 2.45) is 17.8 Å². The van der Waals surface area contributed by atoms with Gasteiger partial charge in [-0.05, 0) is 113 Å². The predicted molar refractivity (Wildman–Crippen MR) is 177 cm³/mol. The van der Waals surface area contributed by atoms with Crippen LogP contribution < -0.4 is 5.32 Å². The van der Waals surface area contributed by atoms with Crippen LogP contribution in [0.4, 0.5) is 15.3 Å². The van der Waals surface area contributed by atoms with Crippen LogP contribution in [0.25, 0.3) is 0 Å². The van der Waals surface area contributed by atoms with Crippen molar-refractivity contribution in [2.75, 3.05) is 51.6 Å².